The lowest BCUT2D eigenvalue weighted by Crippen LogP contribution is -2.43. The van der Waals surface area contributed by atoms with Crippen molar-refractivity contribution >= 4 is 17.6 Å². The lowest BCUT2D eigenvalue weighted by atomic mass is 9.78. The van der Waals surface area contributed by atoms with Crippen molar-refractivity contribution in [2.45, 2.75) is 32.2 Å². The zero-order valence-corrected chi connectivity index (χ0v) is 12.6. The first-order chi connectivity index (χ1) is 10.5. The topological polar surface area (TPSA) is 78.5 Å². The van der Waals surface area contributed by atoms with Gasteiger partial charge in [0.1, 0.15) is 6.04 Å². The Morgan fingerprint density at radius 2 is 2.18 bits per heavy atom. The summed E-state index contributed by atoms with van der Waals surface area (Å²) in [6.45, 7) is 3.84. The van der Waals surface area contributed by atoms with Crippen molar-refractivity contribution in [2.75, 3.05) is 11.9 Å². The van der Waals surface area contributed by atoms with E-state index < -0.39 is 12.0 Å². The minimum absolute atomic E-state index is 0.111. The predicted octanol–water partition coefficient (Wildman–Crippen LogP) is 1.38. The van der Waals surface area contributed by atoms with E-state index in [0.29, 0.717) is 17.9 Å². The van der Waals surface area contributed by atoms with Crippen LogP contribution >= 0.6 is 0 Å². The fourth-order valence-electron chi connectivity index (χ4n) is 3.50. The second-order valence-corrected chi connectivity index (χ2v) is 5.72. The molecular weight excluding hydrogens is 282 g/mol. The van der Waals surface area contributed by atoms with Gasteiger partial charge in [0.05, 0.1) is 12.6 Å². The molecule has 0 bridgehead atoms. The largest absolute Gasteiger partial charge is 0.545 e. The van der Waals surface area contributed by atoms with Crippen LogP contribution in [0.15, 0.2) is 24.3 Å². The highest BCUT2D eigenvalue weighted by atomic mass is 16.5. The Hall–Kier alpha value is -2.30. The number of fused-ring (bicyclic) bond motifs is 3. The number of anilines is 1. The highest BCUT2D eigenvalue weighted by molar-refractivity contribution is 5.92. The molecule has 116 valence electrons. The summed E-state index contributed by atoms with van der Waals surface area (Å²) in [5.74, 6) is -1.27. The van der Waals surface area contributed by atoms with Crippen LogP contribution in [0.25, 0.3) is 0 Å². The minimum Gasteiger partial charge on any atom is -0.545 e. The first-order valence-electron chi connectivity index (χ1n) is 7.49. The number of esters is 1. The SMILES string of the molecule is CCOC(=O)[C@H]1Nc2c(ccc(C(=O)[O-])c2C)[C@@H]2C=CC[C@@H]12. The Balaban J connectivity index is 2.06. The molecule has 1 heterocycles. The molecule has 22 heavy (non-hydrogen) atoms. The second kappa shape index (κ2) is 5.48. The van der Waals surface area contributed by atoms with Gasteiger partial charge in [0.15, 0.2) is 0 Å². The van der Waals surface area contributed by atoms with E-state index in [2.05, 4.69) is 17.5 Å². The molecular formula is C17H18NO4-. The van der Waals surface area contributed by atoms with Gasteiger partial charge in [0.2, 0.25) is 0 Å². The molecule has 5 heteroatoms. The zero-order valence-electron chi connectivity index (χ0n) is 12.6. The number of carboxylic acids is 1. The molecule has 0 aromatic heterocycles. The molecule has 5 nitrogen and oxygen atoms in total. The number of rotatable bonds is 3. The summed E-state index contributed by atoms with van der Waals surface area (Å²) in [5.41, 5.74) is 2.49. The Kier molecular flexibility index (Phi) is 3.64. The van der Waals surface area contributed by atoms with Crippen molar-refractivity contribution in [1.29, 1.82) is 0 Å². The molecule has 0 unspecified atom stereocenters. The van der Waals surface area contributed by atoms with E-state index >= 15 is 0 Å². The van der Waals surface area contributed by atoms with Gasteiger partial charge in [-0.05, 0) is 31.4 Å². The number of hydrogen-bond acceptors (Lipinski definition) is 5. The molecule has 0 fully saturated rings. The van der Waals surface area contributed by atoms with E-state index in [1.807, 2.05) is 6.07 Å². The van der Waals surface area contributed by atoms with Gasteiger partial charge in [-0.15, -0.1) is 0 Å². The number of carbonyl (C=O) groups is 2. The number of nitrogens with one attached hydrogen (secondary N) is 1. The number of ether oxygens (including phenoxy) is 1. The Bertz CT molecular complexity index is 665. The number of carboxylic acid groups (broad SMARTS) is 1. The third-order valence-electron chi connectivity index (χ3n) is 4.56. The van der Waals surface area contributed by atoms with E-state index in [-0.39, 0.29) is 23.4 Å². The van der Waals surface area contributed by atoms with E-state index in [1.165, 1.54) is 0 Å². The van der Waals surface area contributed by atoms with Crippen LogP contribution in [0, 0.1) is 12.8 Å². The van der Waals surface area contributed by atoms with Crippen molar-refractivity contribution in [3.63, 3.8) is 0 Å². The third-order valence-corrected chi connectivity index (χ3v) is 4.56. The van der Waals surface area contributed by atoms with Gasteiger partial charge < -0.3 is 20.0 Å². The number of aromatic carboxylic acids is 1. The maximum Gasteiger partial charge on any atom is 0.328 e. The fraction of sp³-hybridized carbons (Fsp3) is 0.412. The lowest BCUT2D eigenvalue weighted by molar-refractivity contribution is -0.255. The molecule has 1 aromatic carbocycles. The van der Waals surface area contributed by atoms with Crippen molar-refractivity contribution in [1.82, 2.24) is 0 Å². The molecule has 0 spiro atoms. The number of hydrogen-bond donors (Lipinski definition) is 1. The van der Waals surface area contributed by atoms with Crippen LogP contribution in [-0.2, 0) is 9.53 Å². The number of carbonyl (C=O) groups excluding carboxylic acids is 2. The van der Waals surface area contributed by atoms with Gasteiger partial charge in [0.25, 0.3) is 0 Å². The van der Waals surface area contributed by atoms with E-state index in [1.54, 1.807) is 19.9 Å². The van der Waals surface area contributed by atoms with Gasteiger partial charge in [0, 0.05) is 23.1 Å². The first-order valence-corrected chi connectivity index (χ1v) is 7.49. The van der Waals surface area contributed by atoms with E-state index in [4.69, 9.17) is 4.74 Å². The monoisotopic (exact) mass is 300 g/mol. The number of allylic oxidation sites excluding steroid dienone is 2. The van der Waals surface area contributed by atoms with Crippen LogP contribution in [0.1, 0.15) is 40.7 Å². The smallest absolute Gasteiger partial charge is 0.328 e. The Morgan fingerprint density at radius 1 is 1.41 bits per heavy atom. The average molecular weight is 300 g/mol. The van der Waals surface area contributed by atoms with Gasteiger partial charge in [-0.3, -0.25) is 0 Å². The highest BCUT2D eigenvalue weighted by Gasteiger charge is 2.42. The van der Waals surface area contributed by atoms with Crippen LogP contribution in [-0.4, -0.2) is 24.6 Å². The Labute approximate surface area is 129 Å². The minimum atomic E-state index is -1.21. The van der Waals surface area contributed by atoms with Crippen LogP contribution in [0.3, 0.4) is 0 Å². The Morgan fingerprint density at radius 3 is 2.86 bits per heavy atom. The first kappa shape index (κ1) is 14.6. The van der Waals surface area contributed by atoms with Crippen LogP contribution in [0.5, 0.6) is 0 Å². The fourth-order valence-corrected chi connectivity index (χ4v) is 3.50. The molecule has 1 aromatic rings. The standard InChI is InChI=1S/C17H19NO4/c1-3-22-17(21)15-12-6-4-5-11(12)13-8-7-10(16(19)20)9(2)14(13)18-15/h4-5,7-8,11-12,15,18H,3,6H2,1-2H3,(H,19,20)/p-1/t11-,12-,15+/m1/s1. The second-order valence-electron chi connectivity index (χ2n) is 5.72. The number of benzene rings is 1. The van der Waals surface area contributed by atoms with Gasteiger partial charge in [-0.1, -0.05) is 24.3 Å². The molecule has 1 aliphatic carbocycles. The lowest BCUT2D eigenvalue weighted by Gasteiger charge is -2.37. The summed E-state index contributed by atoms with van der Waals surface area (Å²) in [7, 11) is 0. The maximum atomic E-state index is 12.2. The van der Waals surface area contributed by atoms with Crippen LogP contribution in [0.4, 0.5) is 5.69 Å². The summed E-state index contributed by atoms with van der Waals surface area (Å²) in [6, 6.07) is 2.94. The highest BCUT2D eigenvalue weighted by Crippen LogP contribution is 2.46. The van der Waals surface area contributed by atoms with E-state index in [9.17, 15) is 14.7 Å². The maximum absolute atomic E-state index is 12.2. The average Bonchev–Trinajstić information content (AvgIpc) is 2.96. The summed E-state index contributed by atoms with van der Waals surface area (Å²) < 4.78 is 5.16. The van der Waals surface area contributed by atoms with Crippen molar-refractivity contribution in [2.24, 2.45) is 5.92 Å². The molecule has 1 aliphatic heterocycles. The molecule has 3 atom stereocenters. The summed E-state index contributed by atoms with van der Waals surface area (Å²) in [6.07, 6.45) is 4.97. The molecule has 0 saturated heterocycles. The molecule has 2 aliphatic rings. The molecule has 0 amide bonds. The summed E-state index contributed by atoms with van der Waals surface area (Å²) in [4.78, 5) is 23.4. The van der Waals surface area contributed by atoms with Gasteiger partial charge in [-0.2, -0.15) is 0 Å². The normalized spacial score (nSPS) is 25.1. The zero-order chi connectivity index (χ0) is 15.9. The van der Waals surface area contributed by atoms with Gasteiger partial charge in [-0.25, -0.2) is 4.79 Å². The van der Waals surface area contributed by atoms with E-state index in [0.717, 1.165) is 12.0 Å². The molecule has 0 saturated carbocycles. The summed E-state index contributed by atoms with van der Waals surface area (Å²) >= 11 is 0. The molecule has 0 radical (unpaired) electrons. The van der Waals surface area contributed by atoms with Gasteiger partial charge >= 0.3 is 5.97 Å². The third kappa shape index (κ3) is 2.17. The van der Waals surface area contributed by atoms with Crippen molar-refractivity contribution in [3.05, 3.63) is 41.0 Å². The quantitative estimate of drug-likeness (QED) is 0.674. The molecule has 1 N–H and O–H groups in total. The summed E-state index contributed by atoms with van der Waals surface area (Å²) in [5, 5.41) is 14.4. The molecule has 3 rings (SSSR count). The van der Waals surface area contributed by atoms with Crippen LogP contribution in [0.2, 0.25) is 0 Å². The van der Waals surface area contributed by atoms with Crippen molar-refractivity contribution in [3.8, 4) is 0 Å². The van der Waals surface area contributed by atoms with Crippen molar-refractivity contribution < 1.29 is 19.4 Å². The van der Waals surface area contributed by atoms with Crippen LogP contribution < -0.4 is 10.4 Å². The predicted molar refractivity (Wildman–Crippen MR) is 79.5 cm³/mol.